The number of nitrogens with one attached hydrogen (secondary N) is 1. The zero-order valence-electron chi connectivity index (χ0n) is 15.6. The summed E-state index contributed by atoms with van der Waals surface area (Å²) in [7, 11) is 2.18. The van der Waals surface area contributed by atoms with E-state index in [0.717, 1.165) is 44.7 Å². The first-order valence-electron chi connectivity index (χ1n) is 9.88. The molecule has 0 spiro atoms. The van der Waals surface area contributed by atoms with Gasteiger partial charge in [0.1, 0.15) is 0 Å². The SMILES string of the molecule is CN1CCC(N2CCCC(C(=O)N3CCc4nc[nH]c(=O)c4C3)C2)CC1. The van der Waals surface area contributed by atoms with E-state index < -0.39 is 0 Å². The van der Waals surface area contributed by atoms with Gasteiger partial charge in [0.25, 0.3) is 5.56 Å². The lowest BCUT2D eigenvalue weighted by molar-refractivity contribution is -0.138. The number of amides is 1. The summed E-state index contributed by atoms with van der Waals surface area (Å²) in [6.07, 6.45) is 6.60. The third kappa shape index (κ3) is 3.55. The van der Waals surface area contributed by atoms with Gasteiger partial charge in [-0.3, -0.25) is 14.5 Å². The molecule has 1 N–H and O–H groups in total. The number of likely N-dealkylation sites (tertiary alicyclic amines) is 2. The number of aromatic nitrogens is 2. The first kappa shape index (κ1) is 17.7. The molecule has 4 rings (SSSR count). The summed E-state index contributed by atoms with van der Waals surface area (Å²) in [6, 6.07) is 0.621. The molecule has 26 heavy (non-hydrogen) atoms. The number of hydrogen-bond acceptors (Lipinski definition) is 5. The van der Waals surface area contributed by atoms with Gasteiger partial charge >= 0.3 is 0 Å². The van der Waals surface area contributed by atoms with Crippen LogP contribution in [0.25, 0.3) is 0 Å². The molecule has 1 aromatic rings. The predicted molar refractivity (Wildman–Crippen MR) is 98.8 cm³/mol. The van der Waals surface area contributed by atoms with Crippen molar-refractivity contribution in [3.05, 3.63) is 27.9 Å². The molecule has 7 heteroatoms. The van der Waals surface area contributed by atoms with Crippen LogP contribution in [0.4, 0.5) is 0 Å². The van der Waals surface area contributed by atoms with Gasteiger partial charge in [-0.05, 0) is 52.4 Å². The highest BCUT2D eigenvalue weighted by atomic mass is 16.2. The average Bonchev–Trinajstić information content (AvgIpc) is 2.68. The molecule has 4 heterocycles. The van der Waals surface area contributed by atoms with Gasteiger partial charge in [-0.15, -0.1) is 0 Å². The molecule has 1 atom stereocenters. The van der Waals surface area contributed by atoms with Crippen LogP contribution in [0.5, 0.6) is 0 Å². The van der Waals surface area contributed by atoms with E-state index in [9.17, 15) is 9.59 Å². The summed E-state index contributed by atoms with van der Waals surface area (Å²) in [5.74, 6) is 0.289. The van der Waals surface area contributed by atoms with Crippen LogP contribution < -0.4 is 5.56 Å². The molecule has 0 aromatic carbocycles. The second-order valence-electron chi connectivity index (χ2n) is 8.04. The summed E-state index contributed by atoms with van der Waals surface area (Å²) in [5.41, 5.74) is 1.40. The van der Waals surface area contributed by atoms with Crippen LogP contribution >= 0.6 is 0 Å². The fourth-order valence-electron chi connectivity index (χ4n) is 4.70. The molecule has 3 aliphatic heterocycles. The van der Waals surface area contributed by atoms with Crippen molar-refractivity contribution in [2.75, 3.05) is 39.8 Å². The number of fused-ring (bicyclic) bond motifs is 1. The van der Waals surface area contributed by atoms with E-state index in [1.54, 1.807) is 0 Å². The van der Waals surface area contributed by atoms with Crippen LogP contribution in [0.1, 0.15) is 36.9 Å². The van der Waals surface area contributed by atoms with Crippen molar-refractivity contribution in [3.63, 3.8) is 0 Å². The van der Waals surface area contributed by atoms with E-state index in [0.29, 0.717) is 31.1 Å². The molecule has 1 aromatic heterocycles. The Morgan fingerprint density at radius 2 is 2.00 bits per heavy atom. The van der Waals surface area contributed by atoms with Crippen molar-refractivity contribution in [2.45, 2.75) is 44.7 Å². The molecule has 0 saturated carbocycles. The highest BCUT2D eigenvalue weighted by molar-refractivity contribution is 5.79. The molecule has 142 valence electrons. The number of rotatable bonds is 2. The van der Waals surface area contributed by atoms with E-state index >= 15 is 0 Å². The molecular formula is C19H29N5O2. The number of nitrogens with zero attached hydrogens (tertiary/aromatic N) is 4. The second kappa shape index (κ2) is 7.48. The lowest BCUT2D eigenvalue weighted by Gasteiger charge is -2.42. The standard InChI is InChI=1S/C19H29N5O2/c1-22-8-4-15(5-9-22)23-7-2-3-14(11-23)19(26)24-10-6-17-16(12-24)18(25)21-13-20-17/h13-15H,2-12H2,1H3,(H,20,21,25). The van der Waals surface area contributed by atoms with Crippen LogP contribution in [0.2, 0.25) is 0 Å². The van der Waals surface area contributed by atoms with Crippen molar-refractivity contribution >= 4 is 5.91 Å². The molecule has 1 amide bonds. The molecular weight excluding hydrogens is 330 g/mol. The zero-order chi connectivity index (χ0) is 18.1. The number of carbonyl (C=O) groups is 1. The molecule has 3 aliphatic rings. The lowest BCUT2D eigenvalue weighted by atomic mass is 9.92. The number of aromatic amines is 1. The van der Waals surface area contributed by atoms with Crippen molar-refractivity contribution in [1.82, 2.24) is 24.7 Å². The Labute approximate surface area is 154 Å². The first-order valence-corrected chi connectivity index (χ1v) is 9.88. The van der Waals surface area contributed by atoms with Gasteiger partial charge in [-0.25, -0.2) is 4.98 Å². The molecule has 0 bridgehead atoms. The van der Waals surface area contributed by atoms with Gasteiger partial charge in [-0.2, -0.15) is 0 Å². The molecule has 2 fully saturated rings. The fraction of sp³-hybridized carbons (Fsp3) is 0.737. The van der Waals surface area contributed by atoms with Crippen LogP contribution in [0.3, 0.4) is 0 Å². The second-order valence-corrected chi connectivity index (χ2v) is 8.04. The summed E-state index contributed by atoms with van der Waals surface area (Å²) < 4.78 is 0. The summed E-state index contributed by atoms with van der Waals surface area (Å²) in [4.78, 5) is 38.9. The van der Waals surface area contributed by atoms with E-state index in [1.807, 2.05) is 4.90 Å². The third-order valence-electron chi connectivity index (χ3n) is 6.32. The van der Waals surface area contributed by atoms with Crippen LogP contribution in [0, 0.1) is 5.92 Å². The molecule has 2 saturated heterocycles. The van der Waals surface area contributed by atoms with Gasteiger partial charge in [0.15, 0.2) is 0 Å². The highest BCUT2D eigenvalue weighted by Crippen LogP contribution is 2.26. The number of H-pyrrole nitrogens is 1. The predicted octanol–water partition coefficient (Wildman–Crippen LogP) is 0.461. The number of carbonyl (C=O) groups excluding carboxylic acids is 1. The lowest BCUT2D eigenvalue weighted by Crippen LogP contribution is -2.51. The van der Waals surface area contributed by atoms with Gasteiger partial charge < -0.3 is 14.8 Å². The largest absolute Gasteiger partial charge is 0.337 e. The maximum Gasteiger partial charge on any atom is 0.255 e. The topological polar surface area (TPSA) is 72.5 Å². The van der Waals surface area contributed by atoms with Crippen molar-refractivity contribution in [2.24, 2.45) is 5.92 Å². The summed E-state index contributed by atoms with van der Waals surface area (Å²) >= 11 is 0. The molecule has 7 nitrogen and oxygen atoms in total. The van der Waals surface area contributed by atoms with Crippen molar-refractivity contribution < 1.29 is 4.79 Å². The number of piperidine rings is 2. The van der Waals surface area contributed by atoms with E-state index in [4.69, 9.17) is 0 Å². The smallest absolute Gasteiger partial charge is 0.255 e. The highest BCUT2D eigenvalue weighted by Gasteiger charge is 2.34. The van der Waals surface area contributed by atoms with Gasteiger partial charge in [-0.1, -0.05) is 0 Å². The molecule has 0 aliphatic carbocycles. The molecule has 0 radical (unpaired) electrons. The third-order valence-corrected chi connectivity index (χ3v) is 6.32. The van der Waals surface area contributed by atoms with Crippen LogP contribution in [-0.4, -0.2) is 76.4 Å². The quantitative estimate of drug-likeness (QED) is 0.831. The Hall–Kier alpha value is -1.73. The van der Waals surface area contributed by atoms with Crippen molar-refractivity contribution in [1.29, 1.82) is 0 Å². The van der Waals surface area contributed by atoms with E-state index in [2.05, 4.69) is 26.8 Å². The zero-order valence-corrected chi connectivity index (χ0v) is 15.6. The average molecular weight is 359 g/mol. The molecule has 1 unspecified atom stereocenters. The maximum atomic E-state index is 13.1. The van der Waals surface area contributed by atoms with Gasteiger partial charge in [0.2, 0.25) is 5.91 Å². The monoisotopic (exact) mass is 359 g/mol. The van der Waals surface area contributed by atoms with Crippen LogP contribution in [0.15, 0.2) is 11.1 Å². The minimum absolute atomic E-state index is 0.0701. The fourth-order valence-corrected chi connectivity index (χ4v) is 4.70. The Bertz CT molecular complexity index is 710. The van der Waals surface area contributed by atoms with E-state index in [-0.39, 0.29) is 17.4 Å². The van der Waals surface area contributed by atoms with Crippen LogP contribution in [-0.2, 0) is 17.8 Å². The van der Waals surface area contributed by atoms with E-state index in [1.165, 1.54) is 19.2 Å². The summed E-state index contributed by atoms with van der Waals surface area (Å²) in [6.45, 7) is 5.37. The normalized spacial score (nSPS) is 25.9. The minimum atomic E-state index is -0.107. The maximum absolute atomic E-state index is 13.1. The Morgan fingerprint density at radius 1 is 1.19 bits per heavy atom. The summed E-state index contributed by atoms with van der Waals surface area (Å²) in [5, 5.41) is 0. The first-order chi connectivity index (χ1) is 12.6. The Balaban J connectivity index is 1.40. The van der Waals surface area contributed by atoms with Gasteiger partial charge in [0, 0.05) is 25.6 Å². The number of hydrogen-bond donors (Lipinski definition) is 1. The minimum Gasteiger partial charge on any atom is -0.337 e. The van der Waals surface area contributed by atoms with Crippen molar-refractivity contribution in [3.8, 4) is 0 Å². The van der Waals surface area contributed by atoms with Gasteiger partial charge in [0.05, 0.1) is 30.0 Å². The Morgan fingerprint density at radius 3 is 2.81 bits per heavy atom. The Kier molecular flexibility index (Phi) is 5.09.